The topological polar surface area (TPSA) is 49.4 Å². The molecule has 0 radical (unpaired) electrons. The number of carbonyl (C=O) groups excluding carboxylic acids is 2. The molecule has 21 heavy (non-hydrogen) atoms. The van der Waals surface area contributed by atoms with Gasteiger partial charge < -0.3 is 10.2 Å². The Morgan fingerprint density at radius 3 is 2.76 bits per heavy atom. The lowest BCUT2D eigenvalue weighted by Gasteiger charge is -2.40. The van der Waals surface area contributed by atoms with E-state index in [-0.39, 0.29) is 24.4 Å². The molecule has 2 fully saturated rings. The Labute approximate surface area is 129 Å². The largest absolute Gasteiger partial charge is 0.345 e. The number of piperazine rings is 1. The van der Waals surface area contributed by atoms with Gasteiger partial charge in [0.1, 0.15) is 6.04 Å². The van der Waals surface area contributed by atoms with E-state index in [0.29, 0.717) is 12.5 Å². The molecule has 0 bridgehead atoms. The van der Waals surface area contributed by atoms with Gasteiger partial charge in [0.15, 0.2) is 0 Å². The standard InChI is InChI=1S/C16H22N2O2S/c19-14-11-17-16(20)15(12-5-2-1-3-6-12)18(14)9-8-13-7-4-10-21-13/h4,7,10,12,15H,1-3,5-6,8-9,11H2,(H,17,20). The summed E-state index contributed by atoms with van der Waals surface area (Å²) in [6, 6.07) is 3.88. The zero-order chi connectivity index (χ0) is 14.7. The van der Waals surface area contributed by atoms with Gasteiger partial charge in [-0.25, -0.2) is 0 Å². The molecule has 4 nitrogen and oxygen atoms in total. The van der Waals surface area contributed by atoms with Gasteiger partial charge >= 0.3 is 0 Å². The van der Waals surface area contributed by atoms with Crippen LogP contribution in [0.2, 0.25) is 0 Å². The summed E-state index contributed by atoms with van der Waals surface area (Å²) in [5.74, 6) is 0.459. The quantitative estimate of drug-likeness (QED) is 0.927. The zero-order valence-electron chi connectivity index (χ0n) is 12.2. The van der Waals surface area contributed by atoms with Crippen molar-refractivity contribution in [3.63, 3.8) is 0 Å². The van der Waals surface area contributed by atoms with E-state index in [2.05, 4.69) is 16.8 Å². The van der Waals surface area contributed by atoms with Crippen LogP contribution in [0.4, 0.5) is 0 Å². The summed E-state index contributed by atoms with van der Waals surface area (Å²) in [5, 5.41) is 4.83. The van der Waals surface area contributed by atoms with Crippen LogP contribution in [-0.4, -0.2) is 35.8 Å². The molecule has 1 saturated heterocycles. The van der Waals surface area contributed by atoms with E-state index in [1.165, 1.54) is 24.1 Å². The van der Waals surface area contributed by atoms with E-state index in [4.69, 9.17) is 0 Å². The van der Waals surface area contributed by atoms with Gasteiger partial charge in [0, 0.05) is 11.4 Å². The third kappa shape index (κ3) is 3.28. The van der Waals surface area contributed by atoms with Crippen LogP contribution in [0.25, 0.3) is 0 Å². The highest BCUT2D eigenvalue weighted by atomic mass is 32.1. The zero-order valence-corrected chi connectivity index (χ0v) is 13.0. The first-order valence-corrected chi connectivity index (χ1v) is 8.73. The van der Waals surface area contributed by atoms with Crippen molar-refractivity contribution in [3.8, 4) is 0 Å². The van der Waals surface area contributed by atoms with Crippen molar-refractivity contribution < 1.29 is 9.59 Å². The molecular formula is C16H22N2O2S. The molecule has 1 aliphatic heterocycles. The maximum atomic E-state index is 12.3. The van der Waals surface area contributed by atoms with Crippen molar-refractivity contribution in [2.75, 3.05) is 13.1 Å². The van der Waals surface area contributed by atoms with E-state index < -0.39 is 0 Å². The first-order valence-electron chi connectivity index (χ1n) is 7.85. The van der Waals surface area contributed by atoms with Crippen molar-refractivity contribution in [3.05, 3.63) is 22.4 Å². The van der Waals surface area contributed by atoms with Gasteiger partial charge in [0.2, 0.25) is 11.8 Å². The minimum Gasteiger partial charge on any atom is -0.345 e. The lowest BCUT2D eigenvalue weighted by atomic mass is 9.82. The summed E-state index contributed by atoms with van der Waals surface area (Å²) in [5.41, 5.74) is 0. The molecule has 1 saturated carbocycles. The number of nitrogens with one attached hydrogen (secondary N) is 1. The highest BCUT2D eigenvalue weighted by molar-refractivity contribution is 7.09. The van der Waals surface area contributed by atoms with Gasteiger partial charge in [-0.15, -0.1) is 11.3 Å². The molecule has 1 N–H and O–H groups in total. The summed E-state index contributed by atoms with van der Waals surface area (Å²) < 4.78 is 0. The number of nitrogens with zero attached hydrogens (tertiary/aromatic N) is 1. The van der Waals surface area contributed by atoms with Gasteiger partial charge in [0.05, 0.1) is 6.54 Å². The fourth-order valence-corrected chi connectivity index (χ4v) is 4.23. The Kier molecular flexibility index (Phi) is 4.58. The van der Waals surface area contributed by atoms with Crippen molar-refractivity contribution in [2.24, 2.45) is 5.92 Å². The monoisotopic (exact) mass is 306 g/mol. The van der Waals surface area contributed by atoms with Crippen LogP contribution in [-0.2, 0) is 16.0 Å². The van der Waals surface area contributed by atoms with Gasteiger partial charge in [-0.05, 0) is 36.6 Å². The summed E-state index contributed by atoms with van der Waals surface area (Å²) in [6.07, 6.45) is 6.61. The predicted molar refractivity (Wildman–Crippen MR) is 83.1 cm³/mol. The fraction of sp³-hybridized carbons (Fsp3) is 0.625. The normalized spacial score (nSPS) is 24.2. The number of rotatable bonds is 4. The van der Waals surface area contributed by atoms with Crippen LogP contribution in [0.3, 0.4) is 0 Å². The first kappa shape index (κ1) is 14.6. The molecular weight excluding hydrogens is 284 g/mol. The van der Waals surface area contributed by atoms with Crippen LogP contribution in [0, 0.1) is 5.92 Å². The molecule has 2 amide bonds. The Morgan fingerprint density at radius 1 is 1.24 bits per heavy atom. The van der Waals surface area contributed by atoms with Crippen molar-refractivity contribution in [1.29, 1.82) is 0 Å². The van der Waals surface area contributed by atoms with E-state index in [9.17, 15) is 9.59 Å². The summed E-state index contributed by atoms with van der Waals surface area (Å²) in [4.78, 5) is 27.7. The Bertz CT molecular complexity index is 494. The minimum absolute atomic E-state index is 0.0488. The Morgan fingerprint density at radius 2 is 2.05 bits per heavy atom. The van der Waals surface area contributed by atoms with Gasteiger partial charge in [0.25, 0.3) is 0 Å². The molecule has 1 unspecified atom stereocenters. The molecule has 1 atom stereocenters. The number of amides is 2. The average Bonchev–Trinajstić information content (AvgIpc) is 3.02. The summed E-state index contributed by atoms with van der Waals surface area (Å²) in [7, 11) is 0. The fourth-order valence-electron chi connectivity index (χ4n) is 3.53. The lowest BCUT2D eigenvalue weighted by molar-refractivity contribution is -0.148. The Balaban J connectivity index is 1.71. The summed E-state index contributed by atoms with van der Waals surface area (Å²) >= 11 is 1.71. The maximum absolute atomic E-state index is 12.3. The minimum atomic E-state index is -0.244. The van der Waals surface area contributed by atoms with Crippen LogP contribution >= 0.6 is 11.3 Å². The van der Waals surface area contributed by atoms with Crippen molar-refractivity contribution >= 4 is 23.2 Å². The third-order valence-corrected chi connectivity index (χ3v) is 5.55. The second kappa shape index (κ2) is 6.60. The third-order valence-electron chi connectivity index (χ3n) is 4.61. The lowest BCUT2D eigenvalue weighted by Crippen LogP contribution is -2.61. The van der Waals surface area contributed by atoms with E-state index in [0.717, 1.165) is 19.3 Å². The smallest absolute Gasteiger partial charge is 0.243 e. The molecule has 1 aliphatic carbocycles. The number of carbonyl (C=O) groups is 2. The predicted octanol–water partition coefficient (Wildman–Crippen LogP) is 2.20. The highest BCUT2D eigenvalue weighted by Gasteiger charge is 2.39. The number of hydrogen-bond acceptors (Lipinski definition) is 3. The van der Waals surface area contributed by atoms with Crippen LogP contribution in [0.1, 0.15) is 37.0 Å². The molecule has 3 rings (SSSR count). The number of hydrogen-bond donors (Lipinski definition) is 1. The van der Waals surface area contributed by atoms with Gasteiger partial charge in [-0.2, -0.15) is 0 Å². The maximum Gasteiger partial charge on any atom is 0.243 e. The van der Waals surface area contributed by atoms with Crippen molar-refractivity contribution in [1.82, 2.24) is 10.2 Å². The van der Waals surface area contributed by atoms with E-state index in [1.54, 1.807) is 11.3 Å². The molecule has 0 spiro atoms. The molecule has 114 valence electrons. The molecule has 1 aromatic rings. The highest BCUT2D eigenvalue weighted by Crippen LogP contribution is 2.30. The summed E-state index contributed by atoms with van der Waals surface area (Å²) in [6.45, 7) is 0.820. The number of thiophene rings is 1. The van der Waals surface area contributed by atoms with Crippen LogP contribution < -0.4 is 5.32 Å². The molecule has 0 aromatic carbocycles. The van der Waals surface area contributed by atoms with Crippen LogP contribution in [0.15, 0.2) is 17.5 Å². The van der Waals surface area contributed by atoms with Gasteiger partial charge in [-0.1, -0.05) is 25.3 Å². The van der Waals surface area contributed by atoms with Gasteiger partial charge in [-0.3, -0.25) is 9.59 Å². The second-order valence-corrected chi connectivity index (χ2v) is 7.01. The van der Waals surface area contributed by atoms with E-state index >= 15 is 0 Å². The molecule has 2 heterocycles. The second-order valence-electron chi connectivity index (χ2n) is 5.98. The SMILES string of the molecule is O=C1NCC(=O)N(CCc2cccs2)C1C1CCCCC1. The molecule has 5 heteroatoms. The van der Waals surface area contributed by atoms with Crippen molar-refractivity contribution in [2.45, 2.75) is 44.6 Å². The molecule has 1 aromatic heterocycles. The Hall–Kier alpha value is -1.36. The average molecular weight is 306 g/mol. The molecule has 2 aliphatic rings. The van der Waals surface area contributed by atoms with E-state index in [1.807, 2.05) is 11.0 Å². The first-order chi connectivity index (χ1) is 10.3. The van der Waals surface area contributed by atoms with Crippen LogP contribution in [0.5, 0.6) is 0 Å².